The maximum atomic E-state index is 13.5. The number of ether oxygens (including phenoxy) is 2. The summed E-state index contributed by atoms with van der Waals surface area (Å²) in [5.74, 6) is 1.94. The predicted octanol–water partition coefficient (Wildman–Crippen LogP) is 5.05. The van der Waals surface area contributed by atoms with Gasteiger partial charge in [0.2, 0.25) is 5.95 Å². The van der Waals surface area contributed by atoms with Crippen LogP contribution in [0.3, 0.4) is 0 Å². The van der Waals surface area contributed by atoms with Crippen molar-refractivity contribution in [2.75, 3.05) is 24.9 Å². The van der Waals surface area contributed by atoms with Crippen molar-refractivity contribution in [1.82, 2.24) is 19.7 Å². The largest absolute Gasteiger partial charge is 0.493 e. The second-order valence-corrected chi connectivity index (χ2v) is 9.01. The Balaban J connectivity index is 1.60. The molecule has 9 nitrogen and oxygen atoms in total. The zero-order valence-corrected chi connectivity index (χ0v) is 21.4. The van der Waals surface area contributed by atoms with Gasteiger partial charge in [0.25, 0.3) is 5.91 Å². The first kappa shape index (κ1) is 23.6. The van der Waals surface area contributed by atoms with Crippen LogP contribution in [0.5, 0.6) is 11.5 Å². The van der Waals surface area contributed by atoms with E-state index in [1.807, 2.05) is 49.4 Å². The van der Waals surface area contributed by atoms with Crippen molar-refractivity contribution in [3.8, 4) is 22.9 Å². The summed E-state index contributed by atoms with van der Waals surface area (Å²) in [6, 6.07) is 16.4. The number of halogens is 1. The van der Waals surface area contributed by atoms with E-state index in [1.165, 1.54) is 0 Å². The standard InChI is InChI=1S/C26H23BrN6O3/c1-15-22(25(34)30-19-8-5-11-28-14-19)23(16-6-4-7-18(27)12-16)33-26(29-15)31-24(32-33)17-9-10-20(35-2)21(13-17)36-3/h4-14,23H,1-3H3,(H,30,34)(H,29,31,32). The van der Waals surface area contributed by atoms with E-state index < -0.39 is 6.04 Å². The van der Waals surface area contributed by atoms with Crippen LogP contribution in [0.4, 0.5) is 11.6 Å². The topological polar surface area (TPSA) is 103 Å². The van der Waals surface area contributed by atoms with Crippen LogP contribution in [0.1, 0.15) is 18.5 Å². The third-order valence-corrected chi connectivity index (χ3v) is 6.32. The number of anilines is 2. The second kappa shape index (κ2) is 9.82. The summed E-state index contributed by atoms with van der Waals surface area (Å²) < 4.78 is 13.4. The maximum Gasteiger partial charge on any atom is 0.255 e. The van der Waals surface area contributed by atoms with E-state index in [9.17, 15) is 4.79 Å². The first-order valence-electron chi connectivity index (χ1n) is 11.1. The lowest BCUT2D eigenvalue weighted by molar-refractivity contribution is -0.113. The fourth-order valence-electron chi connectivity index (χ4n) is 4.16. The van der Waals surface area contributed by atoms with Crippen molar-refractivity contribution < 1.29 is 14.3 Å². The minimum Gasteiger partial charge on any atom is -0.493 e. The van der Waals surface area contributed by atoms with Crippen LogP contribution >= 0.6 is 15.9 Å². The number of amides is 1. The van der Waals surface area contributed by atoms with Crippen molar-refractivity contribution in [1.29, 1.82) is 0 Å². The Morgan fingerprint density at radius 2 is 1.92 bits per heavy atom. The van der Waals surface area contributed by atoms with E-state index in [0.29, 0.717) is 40.2 Å². The number of aromatic nitrogens is 4. The first-order chi connectivity index (χ1) is 17.5. The minimum absolute atomic E-state index is 0.258. The molecular formula is C26H23BrN6O3. The van der Waals surface area contributed by atoms with Crippen molar-refractivity contribution in [2.45, 2.75) is 13.0 Å². The minimum atomic E-state index is -0.517. The number of hydrogen-bond acceptors (Lipinski definition) is 7. The molecule has 1 atom stereocenters. The molecule has 36 heavy (non-hydrogen) atoms. The average molecular weight is 547 g/mol. The van der Waals surface area contributed by atoms with Gasteiger partial charge >= 0.3 is 0 Å². The van der Waals surface area contributed by atoms with Gasteiger partial charge < -0.3 is 20.1 Å². The van der Waals surface area contributed by atoms with Crippen LogP contribution in [-0.2, 0) is 4.79 Å². The molecule has 2 aromatic heterocycles. The number of nitrogens with zero attached hydrogens (tertiary/aromatic N) is 4. The van der Waals surface area contributed by atoms with E-state index in [2.05, 4.69) is 31.5 Å². The molecule has 0 radical (unpaired) electrons. The van der Waals surface area contributed by atoms with Gasteiger partial charge in [0.05, 0.1) is 31.7 Å². The maximum absolute atomic E-state index is 13.5. The fourth-order valence-corrected chi connectivity index (χ4v) is 4.58. The molecule has 0 aliphatic carbocycles. The van der Waals surface area contributed by atoms with Crippen LogP contribution in [0, 0.1) is 0 Å². The lowest BCUT2D eigenvalue weighted by Gasteiger charge is -2.28. The van der Waals surface area contributed by atoms with Gasteiger partial charge in [-0.25, -0.2) is 4.68 Å². The lowest BCUT2D eigenvalue weighted by atomic mass is 9.95. The van der Waals surface area contributed by atoms with Gasteiger partial charge in [-0.2, -0.15) is 4.98 Å². The van der Waals surface area contributed by atoms with Gasteiger partial charge in [0.1, 0.15) is 6.04 Å². The van der Waals surface area contributed by atoms with E-state index in [1.54, 1.807) is 43.4 Å². The number of methoxy groups -OCH3 is 2. The molecule has 0 saturated carbocycles. The number of benzene rings is 2. The van der Waals surface area contributed by atoms with Crippen LogP contribution in [0.2, 0.25) is 0 Å². The van der Waals surface area contributed by atoms with E-state index in [-0.39, 0.29) is 5.91 Å². The summed E-state index contributed by atoms with van der Waals surface area (Å²) in [6.45, 7) is 1.86. The van der Waals surface area contributed by atoms with E-state index in [4.69, 9.17) is 19.6 Å². The number of hydrogen-bond donors (Lipinski definition) is 2. The molecule has 3 heterocycles. The quantitative estimate of drug-likeness (QED) is 0.348. The van der Waals surface area contributed by atoms with Crippen LogP contribution in [0.15, 0.2) is 82.7 Å². The molecule has 1 aliphatic heterocycles. The van der Waals surface area contributed by atoms with Gasteiger partial charge in [-0.3, -0.25) is 9.78 Å². The third kappa shape index (κ3) is 4.42. The van der Waals surface area contributed by atoms with Crippen molar-refractivity contribution in [3.63, 3.8) is 0 Å². The molecule has 1 unspecified atom stereocenters. The molecule has 0 spiro atoms. The van der Waals surface area contributed by atoms with Gasteiger partial charge in [-0.1, -0.05) is 28.1 Å². The van der Waals surface area contributed by atoms with E-state index in [0.717, 1.165) is 15.6 Å². The Kier molecular flexibility index (Phi) is 6.43. The Bertz CT molecular complexity index is 1470. The van der Waals surface area contributed by atoms with Crippen LogP contribution in [-0.4, -0.2) is 39.9 Å². The Hall–Kier alpha value is -4.18. The highest BCUT2D eigenvalue weighted by Crippen LogP contribution is 2.38. The number of allylic oxidation sites excluding steroid dienone is 1. The first-order valence-corrected chi connectivity index (χ1v) is 11.9. The van der Waals surface area contributed by atoms with Crippen LogP contribution < -0.4 is 20.1 Å². The van der Waals surface area contributed by atoms with Crippen molar-refractivity contribution in [2.24, 2.45) is 0 Å². The molecule has 1 amide bonds. The number of rotatable bonds is 6. The summed E-state index contributed by atoms with van der Waals surface area (Å²) in [4.78, 5) is 22.4. The normalized spacial score (nSPS) is 14.6. The molecule has 2 N–H and O–H groups in total. The molecule has 0 bridgehead atoms. The second-order valence-electron chi connectivity index (χ2n) is 8.09. The molecule has 0 saturated heterocycles. The molecule has 10 heteroatoms. The monoisotopic (exact) mass is 546 g/mol. The van der Waals surface area contributed by atoms with Crippen molar-refractivity contribution in [3.05, 3.63) is 88.3 Å². The predicted molar refractivity (Wildman–Crippen MR) is 140 cm³/mol. The Morgan fingerprint density at radius 1 is 1.08 bits per heavy atom. The highest BCUT2D eigenvalue weighted by atomic mass is 79.9. The summed E-state index contributed by atoms with van der Waals surface area (Å²) in [7, 11) is 3.17. The molecule has 5 rings (SSSR count). The van der Waals surface area contributed by atoms with Gasteiger partial charge in [0.15, 0.2) is 17.3 Å². The molecule has 0 fully saturated rings. The average Bonchev–Trinajstić information content (AvgIpc) is 3.31. The molecule has 1 aliphatic rings. The third-order valence-electron chi connectivity index (χ3n) is 5.82. The highest BCUT2D eigenvalue weighted by Gasteiger charge is 2.34. The van der Waals surface area contributed by atoms with Gasteiger partial charge in [-0.15, -0.1) is 5.10 Å². The van der Waals surface area contributed by atoms with Gasteiger partial charge in [0, 0.05) is 21.9 Å². The summed E-state index contributed by atoms with van der Waals surface area (Å²) in [5.41, 5.74) is 3.44. The smallest absolute Gasteiger partial charge is 0.255 e. The molecular weight excluding hydrogens is 524 g/mol. The van der Waals surface area contributed by atoms with Crippen LogP contribution in [0.25, 0.3) is 11.4 Å². The zero-order valence-electron chi connectivity index (χ0n) is 19.8. The zero-order chi connectivity index (χ0) is 25.2. The highest BCUT2D eigenvalue weighted by molar-refractivity contribution is 9.10. The SMILES string of the molecule is COc1ccc(-c2nc3n(n2)C(c2cccc(Br)c2)C(C(=O)Nc2cccnc2)=C(C)N3)cc1OC. The molecule has 4 aromatic rings. The Morgan fingerprint density at radius 3 is 2.64 bits per heavy atom. The summed E-state index contributed by atoms with van der Waals surface area (Å²) >= 11 is 3.55. The summed E-state index contributed by atoms with van der Waals surface area (Å²) in [5, 5.41) is 11.0. The molecule has 182 valence electrons. The number of pyridine rings is 1. The van der Waals surface area contributed by atoms with E-state index >= 15 is 0 Å². The Labute approximate surface area is 216 Å². The number of nitrogens with one attached hydrogen (secondary N) is 2. The number of carbonyl (C=O) groups excluding carboxylic acids is 1. The summed E-state index contributed by atoms with van der Waals surface area (Å²) in [6.07, 6.45) is 3.26. The number of fused-ring (bicyclic) bond motifs is 1. The van der Waals surface area contributed by atoms with Gasteiger partial charge in [-0.05, 0) is 55.0 Å². The fraction of sp³-hybridized carbons (Fsp3) is 0.154. The molecule has 2 aromatic carbocycles. The number of carbonyl (C=O) groups is 1. The lowest BCUT2D eigenvalue weighted by Crippen LogP contribution is -2.31. The van der Waals surface area contributed by atoms with Crippen molar-refractivity contribution >= 4 is 33.5 Å².